The molecule has 1 aromatic heterocycles. The molecule has 0 unspecified atom stereocenters. The summed E-state index contributed by atoms with van der Waals surface area (Å²) < 4.78 is 0. The first-order chi connectivity index (χ1) is 7.56. The molecule has 1 rings (SSSR count). The molecular formula is C11H18N4O. The summed E-state index contributed by atoms with van der Waals surface area (Å²) in [5.74, 6) is 5.71. The highest BCUT2D eigenvalue weighted by molar-refractivity contribution is 5.99. The Morgan fingerprint density at radius 2 is 2.31 bits per heavy atom. The minimum atomic E-state index is -0.0518. The van der Waals surface area contributed by atoms with E-state index in [2.05, 4.69) is 24.3 Å². The predicted octanol–water partition coefficient (Wildman–Crippen LogP) is 1.10. The van der Waals surface area contributed by atoms with Crippen LogP contribution in [-0.4, -0.2) is 29.4 Å². The van der Waals surface area contributed by atoms with Gasteiger partial charge in [-0.1, -0.05) is 13.8 Å². The number of nitrogen functional groups attached to an aromatic ring is 1. The number of rotatable bonds is 4. The first-order valence-corrected chi connectivity index (χ1v) is 5.22. The maximum atomic E-state index is 12.1. The molecule has 0 aliphatic carbocycles. The second kappa shape index (κ2) is 5.46. The van der Waals surface area contributed by atoms with Gasteiger partial charge >= 0.3 is 0 Å². The van der Waals surface area contributed by atoms with Crippen molar-refractivity contribution in [2.75, 3.05) is 19.0 Å². The SMILES string of the molecule is CC(C)CN(C)C(=O)c1ccncc1NN. The number of aromatic nitrogens is 1. The van der Waals surface area contributed by atoms with Crippen molar-refractivity contribution in [3.63, 3.8) is 0 Å². The van der Waals surface area contributed by atoms with Gasteiger partial charge in [-0.2, -0.15) is 0 Å². The van der Waals surface area contributed by atoms with Gasteiger partial charge in [-0.3, -0.25) is 15.6 Å². The van der Waals surface area contributed by atoms with Crippen LogP contribution in [0.15, 0.2) is 18.5 Å². The zero-order valence-electron chi connectivity index (χ0n) is 9.90. The number of nitrogens with two attached hydrogens (primary N) is 1. The molecule has 88 valence electrons. The molecule has 0 bridgehead atoms. The van der Waals surface area contributed by atoms with Crippen LogP contribution < -0.4 is 11.3 Å². The summed E-state index contributed by atoms with van der Waals surface area (Å²) in [7, 11) is 1.78. The highest BCUT2D eigenvalue weighted by Crippen LogP contribution is 2.14. The van der Waals surface area contributed by atoms with Crippen LogP contribution in [0.5, 0.6) is 0 Å². The summed E-state index contributed by atoms with van der Waals surface area (Å²) in [6.07, 6.45) is 3.12. The second-order valence-electron chi connectivity index (χ2n) is 4.15. The fourth-order valence-electron chi connectivity index (χ4n) is 1.53. The first kappa shape index (κ1) is 12.4. The van der Waals surface area contributed by atoms with Crippen molar-refractivity contribution in [2.24, 2.45) is 11.8 Å². The average molecular weight is 222 g/mol. The summed E-state index contributed by atoms with van der Waals surface area (Å²) in [5, 5.41) is 0. The Kier molecular flexibility index (Phi) is 4.25. The molecule has 0 saturated carbocycles. The molecule has 16 heavy (non-hydrogen) atoms. The van der Waals surface area contributed by atoms with Crippen molar-refractivity contribution in [1.29, 1.82) is 0 Å². The van der Waals surface area contributed by atoms with E-state index in [1.54, 1.807) is 24.2 Å². The van der Waals surface area contributed by atoms with Crippen LogP contribution >= 0.6 is 0 Å². The maximum Gasteiger partial charge on any atom is 0.255 e. The molecule has 0 atom stereocenters. The predicted molar refractivity (Wildman–Crippen MR) is 63.8 cm³/mol. The van der Waals surface area contributed by atoms with E-state index < -0.39 is 0 Å². The van der Waals surface area contributed by atoms with Crippen LogP contribution in [0.4, 0.5) is 5.69 Å². The van der Waals surface area contributed by atoms with Crippen molar-refractivity contribution >= 4 is 11.6 Å². The molecule has 5 nitrogen and oxygen atoms in total. The third-order valence-corrected chi connectivity index (χ3v) is 2.19. The van der Waals surface area contributed by atoms with Gasteiger partial charge in [0.1, 0.15) is 0 Å². The highest BCUT2D eigenvalue weighted by atomic mass is 16.2. The quantitative estimate of drug-likeness (QED) is 0.591. The van der Waals surface area contributed by atoms with Crippen LogP contribution in [0, 0.1) is 5.92 Å². The second-order valence-corrected chi connectivity index (χ2v) is 4.15. The minimum Gasteiger partial charge on any atom is -0.341 e. The van der Waals surface area contributed by atoms with Gasteiger partial charge in [0.25, 0.3) is 5.91 Å². The van der Waals surface area contributed by atoms with Gasteiger partial charge in [-0.25, -0.2) is 0 Å². The zero-order valence-corrected chi connectivity index (χ0v) is 9.90. The Morgan fingerprint density at radius 1 is 1.62 bits per heavy atom. The fourth-order valence-corrected chi connectivity index (χ4v) is 1.53. The fraction of sp³-hybridized carbons (Fsp3) is 0.455. The number of hydrazine groups is 1. The standard InChI is InChI=1S/C11H18N4O/c1-8(2)7-15(3)11(16)9-4-5-13-6-10(9)14-12/h4-6,8,14H,7,12H2,1-3H3. The Morgan fingerprint density at radius 3 is 2.88 bits per heavy atom. The Balaban J connectivity index is 2.87. The summed E-state index contributed by atoms with van der Waals surface area (Å²) in [4.78, 5) is 17.6. The first-order valence-electron chi connectivity index (χ1n) is 5.22. The summed E-state index contributed by atoms with van der Waals surface area (Å²) >= 11 is 0. The third kappa shape index (κ3) is 2.93. The summed E-state index contributed by atoms with van der Waals surface area (Å²) in [6.45, 7) is 4.85. The summed E-state index contributed by atoms with van der Waals surface area (Å²) in [6, 6.07) is 1.66. The van der Waals surface area contributed by atoms with E-state index in [1.165, 1.54) is 6.20 Å². The molecule has 0 fully saturated rings. The monoisotopic (exact) mass is 222 g/mol. The topological polar surface area (TPSA) is 71.2 Å². The van der Waals surface area contributed by atoms with E-state index in [9.17, 15) is 4.79 Å². The smallest absolute Gasteiger partial charge is 0.255 e. The largest absolute Gasteiger partial charge is 0.341 e. The molecule has 3 N–H and O–H groups in total. The molecule has 0 aliphatic rings. The lowest BCUT2D eigenvalue weighted by atomic mass is 10.1. The van der Waals surface area contributed by atoms with Gasteiger partial charge < -0.3 is 10.3 Å². The highest BCUT2D eigenvalue weighted by Gasteiger charge is 2.15. The van der Waals surface area contributed by atoms with Gasteiger partial charge in [-0.15, -0.1) is 0 Å². The number of carbonyl (C=O) groups excluding carboxylic acids is 1. The Labute approximate surface area is 95.6 Å². The molecule has 0 spiro atoms. The number of hydrogen-bond acceptors (Lipinski definition) is 4. The maximum absolute atomic E-state index is 12.1. The van der Waals surface area contributed by atoms with E-state index in [-0.39, 0.29) is 5.91 Å². The van der Waals surface area contributed by atoms with E-state index >= 15 is 0 Å². The molecule has 1 aromatic rings. The molecule has 5 heteroatoms. The number of amides is 1. The molecular weight excluding hydrogens is 204 g/mol. The van der Waals surface area contributed by atoms with Crippen molar-refractivity contribution < 1.29 is 4.79 Å². The van der Waals surface area contributed by atoms with Crippen LogP contribution in [0.3, 0.4) is 0 Å². The zero-order chi connectivity index (χ0) is 12.1. The molecule has 1 amide bonds. The van der Waals surface area contributed by atoms with Gasteiger partial charge in [0.2, 0.25) is 0 Å². The normalized spacial score (nSPS) is 10.3. The number of carbonyl (C=O) groups is 1. The van der Waals surface area contributed by atoms with Crippen LogP contribution in [-0.2, 0) is 0 Å². The van der Waals surface area contributed by atoms with Crippen LogP contribution in [0.2, 0.25) is 0 Å². The van der Waals surface area contributed by atoms with Crippen LogP contribution in [0.25, 0.3) is 0 Å². The van der Waals surface area contributed by atoms with Crippen molar-refractivity contribution in [3.8, 4) is 0 Å². The van der Waals surface area contributed by atoms with Crippen molar-refractivity contribution in [3.05, 3.63) is 24.0 Å². The van der Waals surface area contributed by atoms with E-state index in [1.807, 2.05) is 0 Å². The van der Waals surface area contributed by atoms with Gasteiger partial charge in [0.05, 0.1) is 17.4 Å². The Bertz CT molecular complexity index is 365. The van der Waals surface area contributed by atoms with E-state index in [0.29, 0.717) is 23.7 Å². The van der Waals surface area contributed by atoms with Crippen molar-refractivity contribution in [2.45, 2.75) is 13.8 Å². The number of nitrogens with one attached hydrogen (secondary N) is 1. The van der Waals surface area contributed by atoms with E-state index in [4.69, 9.17) is 5.84 Å². The lowest BCUT2D eigenvalue weighted by molar-refractivity contribution is 0.0780. The summed E-state index contributed by atoms with van der Waals surface area (Å²) in [5.41, 5.74) is 3.56. The number of nitrogens with zero attached hydrogens (tertiary/aromatic N) is 2. The van der Waals surface area contributed by atoms with Crippen molar-refractivity contribution in [1.82, 2.24) is 9.88 Å². The molecule has 0 aromatic carbocycles. The number of pyridine rings is 1. The molecule has 0 radical (unpaired) electrons. The van der Waals surface area contributed by atoms with Gasteiger partial charge in [-0.05, 0) is 12.0 Å². The Hall–Kier alpha value is -1.62. The number of hydrogen-bond donors (Lipinski definition) is 2. The number of anilines is 1. The molecule has 0 saturated heterocycles. The lowest BCUT2D eigenvalue weighted by Gasteiger charge is -2.20. The van der Waals surface area contributed by atoms with Crippen LogP contribution in [0.1, 0.15) is 24.2 Å². The average Bonchev–Trinajstić information content (AvgIpc) is 2.27. The lowest BCUT2D eigenvalue weighted by Crippen LogP contribution is -2.31. The molecule has 0 aliphatic heterocycles. The molecule has 1 heterocycles. The third-order valence-electron chi connectivity index (χ3n) is 2.19. The van der Waals surface area contributed by atoms with Gasteiger partial charge in [0.15, 0.2) is 0 Å². The van der Waals surface area contributed by atoms with Gasteiger partial charge in [0, 0.05) is 19.8 Å². The van der Waals surface area contributed by atoms with E-state index in [0.717, 1.165) is 0 Å². The minimum absolute atomic E-state index is 0.0518.